The van der Waals surface area contributed by atoms with Crippen LogP contribution in [0.3, 0.4) is 0 Å². The van der Waals surface area contributed by atoms with Crippen molar-refractivity contribution in [2.24, 2.45) is 5.92 Å². The number of hydrogen-bond donors (Lipinski definition) is 2. The molecule has 164 valence electrons. The maximum atomic E-state index is 12.4. The largest absolute Gasteiger partial charge is 0.336 e. The number of halogens is 1. The van der Waals surface area contributed by atoms with Crippen molar-refractivity contribution in [3.8, 4) is 0 Å². The van der Waals surface area contributed by atoms with Gasteiger partial charge in [0.1, 0.15) is 6.33 Å². The van der Waals surface area contributed by atoms with Crippen LogP contribution in [0.2, 0.25) is 0 Å². The number of hydrogen-bond acceptors (Lipinski definition) is 6. The van der Waals surface area contributed by atoms with E-state index in [0.717, 1.165) is 61.0 Å². The van der Waals surface area contributed by atoms with Gasteiger partial charge in [-0.15, -0.1) is 0 Å². The van der Waals surface area contributed by atoms with Crippen LogP contribution in [-0.2, 0) is 17.8 Å². The second-order valence-corrected chi connectivity index (χ2v) is 9.29. The van der Waals surface area contributed by atoms with Gasteiger partial charge in [0.05, 0.1) is 0 Å². The molecule has 1 aromatic heterocycles. The first-order valence-electron chi connectivity index (χ1n) is 11.0. The van der Waals surface area contributed by atoms with Gasteiger partial charge in [-0.1, -0.05) is 40.9 Å². The molecule has 0 unspecified atom stereocenters. The highest BCUT2D eigenvalue weighted by molar-refractivity contribution is 9.10. The van der Waals surface area contributed by atoms with Gasteiger partial charge in [0.15, 0.2) is 0 Å². The number of benzene rings is 2. The quantitative estimate of drug-likeness (QED) is 0.517. The maximum absolute atomic E-state index is 12.4. The van der Waals surface area contributed by atoms with Gasteiger partial charge < -0.3 is 15.5 Å². The summed E-state index contributed by atoms with van der Waals surface area (Å²) in [6.45, 7) is 1.63. The lowest BCUT2D eigenvalue weighted by Gasteiger charge is -2.29. The van der Waals surface area contributed by atoms with E-state index in [4.69, 9.17) is 0 Å². The van der Waals surface area contributed by atoms with Crippen LogP contribution in [0.4, 0.5) is 23.3 Å². The molecular weight excluding hydrogens is 468 g/mol. The summed E-state index contributed by atoms with van der Waals surface area (Å²) in [5.74, 6) is 1.38. The highest BCUT2D eigenvalue weighted by atomic mass is 79.9. The van der Waals surface area contributed by atoms with Gasteiger partial charge in [-0.2, -0.15) is 4.98 Å². The van der Waals surface area contributed by atoms with Crippen LogP contribution in [0, 0.1) is 5.92 Å². The van der Waals surface area contributed by atoms with Crippen LogP contribution in [-0.4, -0.2) is 27.4 Å². The third-order valence-corrected chi connectivity index (χ3v) is 6.63. The standard InChI is InChI=1S/C24H25BrN6O/c25-19-9-8-18-14-31(11-10-17(18)12-19)24-27-15-26-23(30-24)29-21-7-3-6-20(13-21)28-22(32)16-4-1-2-5-16/h3,6-9,12-13,15-16H,1-2,4-5,10-11,14H2,(H,28,32)(H,26,27,29,30). The molecule has 1 saturated carbocycles. The van der Waals surface area contributed by atoms with E-state index in [0.29, 0.717) is 11.9 Å². The second kappa shape index (κ2) is 9.24. The van der Waals surface area contributed by atoms with Gasteiger partial charge in [0.25, 0.3) is 0 Å². The smallest absolute Gasteiger partial charge is 0.232 e. The van der Waals surface area contributed by atoms with E-state index < -0.39 is 0 Å². The Labute approximate surface area is 195 Å². The topological polar surface area (TPSA) is 83.0 Å². The van der Waals surface area contributed by atoms with Crippen molar-refractivity contribution in [1.29, 1.82) is 0 Å². The van der Waals surface area contributed by atoms with Gasteiger partial charge in [0.2, 0.25) is 17.8 Å². The molecule has 8 heteroatoms. The number of nitrogens with zero attached hydrogens (tertiary/aromatic N) is 4. The van der Waals surface area contributed by atoms with Crippen molar-refractivity contribution in [1.82, 2.24) is 15.0 Å². The molecule has 2 aromatic carbocycles. The highest BCUT2D eigenvalue weighted by Crippen LogP contribution is 2.28. The van der Waals surface area contributed by atoms with E-state index in [1.165, 1.54) is 17.5 Å². The zero-order valence-corrected chi connectivity index (χ0v) is 19.3. The average molecular weight is 493 g/mol. The zero-order chi connectivity index (χ0) is 21.9. The summed E-state index contributed by atoms with van der Waals surface area (Å²) >= 11 is 3.55. The van der Waals surface area contributed by atoms with Gasteiger partial charge >= 0.3 is 0 Å². The van der Waals surface area contributed by atoms with Crippen molar-refractivity contribution in [3.63, 3.8) is 0 Å². The van der Waals surface area contributed by atoms with Crippen molar-refractivity contribution >= 4 is 45.1 Å². The summed E-state index contributed by atoms with van der Waals surface area (Å²) < 4.78 is 1.11. The number of carbonyl (C=O) groups excluding carboxylic acids is 1. The van der Waals surface area contributed by atoms with Gasteiger partial charge in [0, 0.05) is 34.9 Å². The summed E-state index contributed by atoms with van der Waals surface area (Å²) in [4.78, 5) is 27.9. The molecule has 0 spiro atoms. The minimum absolute atomic E-state index is 0.111. The van der Waals surface area contributed by atoms with Crippen molar-refractivity contribution in [2.75, 3.05) is 22.1 Å². The Kier molecular flexibility index (Phi) is 6.03. The second-order valence-electron chi connectivity index (χ2n) is 8.37. The molecule has 1 fully saturated rings. The number of carbonyl (C=O) groups is 1. The van der Waals surface area contributed by atoms with E-state index >= 15 is 0 Å². The van der Waals surface area contributed by atoms with Gasteiger partial charge in [-0.3, -0.25) is 4.79 Å². The molecule has 1 aliphatic heterocycles. The predicted octanol–water partition coefficient (Wildman–Crippen LogP) is 5.07. The SMILES string of the molecule is O=C(Nc1cccc(Nc2ncnc(N3CCc4cc(Br)ccc4C3)n2)c1)C1CCCC1. The van der Waals surface area contributed by atoms with E-state index in [1.807, 2.05) is 24.3 Å². The molecule has 0 saturated heterocycles. The minimum Gasteiger partial charge on any atom is -0.336 e. The van der Waals surface area contributed by atoms with Crippen LogP contribution >= 0.6 is 15.9 Å². The van der Waals surface area contributed by atoms with Crippen molar-refractivity contribution < 1.29 is 4.79 Å². The van der Waals surface area contributed by atoms with E-state index in [9.17, 15) is 4.79 Å². The Hall–Kier alpha value is -3.00. The Bertz CT molecular complexity index is 1130. The molecule has 0 bridgehead atoms. The Balaban J connectivity index is 1.27. The fourth-order valence-electron chi connectivity index (χ4n) is 4.43. The Morgan fingerprint density at radius 3 is 2.75 bits per heavy atom. The van der Waals surface area contributed by atoms with Gasteiger partial charge in [-0.05, 0) is 60.7 Å². The van der Waals surface area contributed by atoms with E-state index in [2.05, 4.69) is 64.6 Å². The number of aromatic nitrogens is 3. The third kappa shape index (κ3) is 4.75. The number of fused-ring (bicyclic) bond motifs is 1. The third-order valence-electron chi connectivity index (χ3n) is 6.13. The lowest BCUT2D eigenvalue weighted by Crippen LogP contribution is -2.32. The first-order chi connectivity index (χ1) is 15.6. The van der Waals surface area contributed by atoms with Crippen LogP contribution in [0.1, 0.15) is 36.8 Å². The summed E-state index contributed by atoms with van der Waals surface area (Å²) in [5.41, 5.74) is 4.25. The summed E-state index contributed by atoms with van der Waals surface area (Å²) in [5, 5.41) is 6.29. The lowest BCUT2D eigenvalue weighted by atomic mass is 10.0. The summed E-state index contributed by atoms with van der Waals surface area (Å²) in [7, 11) is 0. The molecule has 1 amide bonds. The molecule has 3 aromatic rings. The molecule has 1 aliphatic carbocycles. The van der Waals surface area contributed by atoms with E-state index in [-0.39, 0.29) is 11.8 Å². The fourth-order valence-corrected chi connectivity index (χ4v) is 4.84. The lowest BCUT2D eigenvalue weighted by molar-refractivity contribution is -0.119. The Morgan fingerprint density at radius 1 is 1.03 bits per heavy atom. The number of anilines is 4. The molecule has 5 rings (SSSR count). The molecule has 0 atom stereocenters. The zero-order valence-electron chi connectivity index (χ0n) is 17.7. The number of nitrogens with one attached hydrogen (secondary N) is 2. The fraction of sp³-hybridized carbons (Fsp3) is 0.333. The van der Waals surface area contributed by atoms with Crippen LogP contribution in [0.15, 0.2) is 53.3 Å². The average Bonchev–Trinajstić information content (AvgIpc) is 3.34. The minimum atomic E-state index is 0.111. The van der Waals surface area contributed by atoms with Gasteiger partial charge in [-0.25, -0.2) is 9.97 Å². The Morgan fingerprint density at radius 2 is 1.88 bits per heavy atom. The van der Waals surface area contributed by atoms with E-state index in [1.54, 1.807) is 0 Å². The summed E-state index contributed by atoms with van der Waals surface area (Å²) in [6.07, 6.45) is 6.73. The predicted molar refractivity (Wildman–Crippen MR) is 129 cm³/mol. The van der Waals surface area contributed by atoms with Crippen LogP contribution < -0.4 is 15.5 Å². The monoisotopic (exact) mass is 492 g/mol. The molecule has 2 aliphatic rings. The highest BCUT2D eigenvalue weighted by Gasteiger charge is 2.23. The molecule has 2 heterocycles. The maximum Gasteiger partial charge on any atom is 0.232 e. The number of rotatable bonds is 5. The van der Waals surface area contributed by atoms with Crippen LogP contribution in [0.5, 0.6) is 0 Å². The molecule has 7 nitrogen and oxygen atoms in total. The molecule has 2 N–H and O–H groups in total. The normalized spacial score (nSPS) is 16.0. The number of amides is 1. The van der Waals surface area contributed by atoms with Crippen molar-refractivity contribution in [2.45, 2.75) is 38.6 Å². The first-order valence-corrected chi connectivity index (χ1v) is 11.8. The summed E-state index contributed by atoms with van der Waals surface area (Å²) in [6, 6.07) is 14.1. The first kappa shape index (κ1) is 20.9. The van der Waals surface area contributed by atoms with Crippen molar-refractivity contribution in [3.05, 3.63) is 64.4 Å². The molecule has 0 radical (unpaired) electrons. The molecular formula is C24H25BrN6O. The molecule has 32 heavy (non-hydrogen) atoms. The van der Waals surface area contributed by atoms with Crippen LogP contribution in [0.25, 0.3) is 0 Å².